The Morgan fingerprint density at radius 3 is 2.40 bits per heavy atom. The van der Waals surface area contributed by atoms with Crippen molar-refractivity contribution in [2.24, 2.45) is 0 Å². The van der Waals surface area contributed by atoms with Crippen molar-refractivity contribution in [1.82, 2.24) is 9.80 Å². The molecular formula is C13H16ClN3O3. The Hall–Kier alpha value is -1.95. The van der Waals surface area contributed by atoms with Gasteiger partial charge in [-0.05, 0) is 12.1 Å². The molecular weight excluding hydrogens is 282 g/mol. The minimum Gasteiger partial charge on any atom is -0.453 e. The fourth-order valence-corrected chi connectivity index (χ4v) is 2.31. The molecule has 0 spiro atoms. The van der Waals surface area contributed by atoms with Crippen molar-refractivity contribution in [3.8, 4) is 0 Å². The van der Waals surface area contributed by atoms with Crippen LogP contribution in [-0.2, 0) is 4.74 Å². The summed E-state index contributed by atoms with van der Waals surface area (Å²) in [7, 11) is 1.34. The average molecular weight is 298 g/mol. The van der Waals surface area contributed by atoms with Crippen molar-refractivity contribution in [3.05, 3.63) is 28.8 Å². The van der Waals surface area contributed by atoms with E-state index in [0.29, 0.717) is 37.4 Å². The summed E-state index contributed by atoms with van der Waals surface area (Å²) in [5.41, 5.74) is 6.46. The minimum atomic E-state index is -0.376. The molecule has 2 N–H and O–H groups in total. The lowest BCUT2D eigenvalue weighted by atomic mass is 10.1. The van der Waals surface area contributed by atoms with Gasteiger partial charge in [-0.15, -0.1) is 0 Å². The first-order valence-corrected chi connectivity index (χ1v) is 6.58. The number of ether oxygens (including phenoxy) is 1. The molecule has 20 heavy (non-hydrogen) atoms. The number of nitrogens with zero attached hydrogens (tertiary/aromatic N) is 2. The van der Waals surface area contributed by atoms with Crippen molar-refractivity contribution < 1.29 is 14.3 Å². The van der Waals surface area contributed by atoms with Crippen LogP contribution in [0.3, 0.4) is 0 Å². The molecule has 0 aliphatic carbocycles. The lowest BCUT2D eigenvalue weighted by Gasteiger charge is -2.34. The Morgan fingerprint density at radius 2 is 1.80 bits per heavy atom. The van der Waals surface area contributed by atoms with Crippen LogP contribution in [0, 0.1) is 0 Å². The number of carbonyl (C=O) groups is 2. The molecule has 7 heteroatoms. The highest BCUT2D eigenvalue weighted by Crippen LogP contribution is 2.24. The smallest absolute Gasteiger partial charge is 0.409 e. The highest BCUT2D eigenvalue weighted by atomic mass is 35.5. The second-order valence-electron chi connectivity index (χ2n) is 4.46. The summed E-state index contributed by atoms with van der Waals surface area (Å²) in [4.78, 5) is 27.0. The number of hydrogen-bond acceptors (Lipinski definition) is 4. The maximum Gasteiger partial charge on any atom is 0.409 e. The van der Waals surface area contributed by atoms with Gasteiger partial charge in [0.15, 0.2) is 0 Å². The predicted molar refractivity (Wildman–Crippen MR) is 75.7 cm³/mol. The van der Waals surface area contributed by atoms with Crippen LogP contribution in [0.15, 0.2) is 18.2 Å². The summed E-state index contributed by atoms with van der Waals surface area (Å²) in [5, 5.41) is 0.271. The third kappa shape index (κ3) is 2.80. The zero-order valence-corrected chi connectivity index (χ0v) is 11.9. The number of nitrogen functional groups attached to an aromatic ring is 1. The molecule has 1 aromatic carbocycles. The molecule has 108 valence electrons. The molecule has 6 nitrogen and oxygen atoms in total. The second-order valence-corrected chi connectivity index (χ2v) is 4.84. The predicted octanol–water partition coefficient (Wildman–Crippen LogP) is 1.45. The van der Waals surface area contributed by atoms with Gasteiger partial charge in [0.1, 0.15) is 0 Å². The Balaban J connectivity index is 2.05. The van der Waals surface area contributed by atoms with Gasteiger partial charge in [-0.25, -0.2) is 4.79 Å². The van der Waals surface area contributed by atoms with E-state index in [1.807, 2.05) is 0 Å². The molecule has 0 bridgehead atoms. The van der Waals surface area contributed by atoms with Crippen molar-refractivity contribution in [3.63, 3.8) is 0 Å². The molecule has 2 rings (SSSR count). The number of carbonyl (C=O) groups excluding carboxylic acids is 2. The molecule has 1 aliphatic rings. The van der Waals surface area contributed by atoms with Crippen LogP contribution in [0.4, 0.5) is 10.5 Å². The highest BCUT2D eigenvalue weighted by Gasteiger charge is 2.26. The van der Waals surface area contributed by atoms with E-state index < -0.39 is 0 Å². The highest BCUT2D eigenvalue weighted by molar-refractivity contribution is 6.36. The van der Waals surface area contributed by atoms with E-state index in [1.165, 1.54) is 7.11 Å². The Labute approximate surface area is 122 Å². The van der Waals surface area contributed by atoms with Gasteiger partial charge in [0, 0.05) is 26.2 Å². The number of nitrogens with two attached hydrogens (primary N) is 1. The summed E-state index contributed by atoms with van der Waals surface area (Å²) in [6, 6.07) is 4.99. The van der Waals surface area contributed by atoms with E-state index in [-0.39, 0.29) is 17.0 Å². The standard InChI is InChI=1S/C13H16ClN3O3/c1-20-13(19)17-7-5-16(6-8-17)12(18)9-3-2-4-10(15)11(9)14/h2-4H,5-8,15H2,1H3. The lowest BCUT2D eigenvalue weighted by molar-refractivity contribution is 0.0600. The topological polar surface area (TPSA) is 75.9 Å². The first kappa shape index (κ1) is 14.5. The van der Waals surface area contributed by atoms with Gasteiger partial charge in [-0.3, -0.25) is 4.79 Å². The van der Waals surface area contributed by atoms with Crippen LogP contribution >= 0.6 is 11.6 Å². The largest absolute Gasteiger partial charge is 0.453 e. The number of benzene rings is 1. The van der Waals surface area contributed by atoms with Crippen LogP contribution in [0.1, 0.15) is 10.4 Å². The van der Waals surface area contributed by atoms with Gasteiger partial charge in [0.05, 0.1) is 23.4 Å². The van der Waals surface area contributed by atoms with E-state index in [2.05, 4.69) is 4.74 Å². The van der Waals surface area contributed by atoms with Gasteiger partial charge >= 0.3 is 6.09 Å². The molecule has 0 radical (unpaired) electrons. The quantitative estimate of drug-likeness (QED) is 0.796. The Morgan fingerprint density at radius 1 is 1.20 bits per heavy atom. The van der Waals surface area contributed by atoms with Crippen molar-refractivity contribution in [1.29, 1.82) is 0 Å². The summed E-state index contributed by atoms with van der Waals surface area (Å²) >= 11 is 6.05. The number of amides is 2. The van der Waals surface area contributed by atoms with Gasteiger partial charge in [-0.2, -0.15) is 0 Å². The fourth-order valence-electron chi connectivity index (χ4n) is 2.11. The molecule has 1 fully saturated rings. The molecule has 2 amide bonds. The Kier molecular flexibility index (Phi) is 4.34. The molecule has 1 aromatic rings. The third-order valence-corrected chi connectivity index (χ3v) is 3.68. The van der Waals surface area contributed by atoms with Crippen molar-refractivity contribution in [2.45, 2.75) is 0 Å². The lowest BCUT2D eigenvalue weighted by Crippen LogP contribution is -2.50. The van der Waals surface area contributed by atoms with Crippen LogP contribution < -0.4 is 5.73 Å². The van der Waals surface area contributed by atoms with E-state index in [4.69, 9.17) is 17.3 Å². The maximum absolute atomic E-state index is 12.4. The zero-order valence-electron chi connectivity index (χ0n) is 11.1. The summed E-state index contributed by atoms with van der Waals surface area (Å²) in [5.74, 6) is -0.174. The molecule has 0 saturated carbocycles. The second kappa shape index (κ2) is 6.00. The number of anilines is 1. The van der Waals surface area contributed by atoms with Gasteiger partial charge in [-0.1, -0.05) is 17.7 Å². The molecule has 0 atom stereocenters. The van der Waals surface area contributed by atoms with Crippen molar-refractivity contribution >= 4 is 29.3 Å². The number of halogens is 1. The third-order valence-electron chi connectivity index (χ3n) is 3.26. The monoisotopic (exact) mass is 297 g/mol. The summed E-state index contributed by atoms with van der Waals surface area (Å²) in [6.45, 7) is 1.77. The molecule has 1 aliphatic heterocycles. The summed E-state index contributed by atoms with van der Waals surface area (Å²) in [6.07, 6.45) is -0.376. The van der Waals surface area contributed by atoms with E-state index in [1.54, 1.807) is 28.0 Å². The van der Waals surface area contributed by atoms with Gasteiger partial charge in [0.25, 0.3) is 5.91 Å². The molecule has 0 unspecified atom stereocenters. The average Bonchev–Trinajstić information content (AvgIpc) is 2.48. The maximum atomic E-state index is 12.4. The Bertz CT molecular complexity index is 528. The fraction of sp³-hybridized carbons (Fsp3) is 0.385. The SMILES string of the molecule is COC(=O)N1CCN(C(=O)c2cccc(N)c2Cl)CC1. The normalized spacial score (nSPS) is 15.1. The first-order chi connectivity index (χ1) is 9.54. The van der Waals surface area contributed by atoms with Gasteiger partial charge < -0.3 is 20.3 Å². The molecule has 0 aromatic heterocycles. The number of rotatable bonds is 1. The van der Waals surface area contributed by atoms with Crippen LogP contribution in [0.5, 0.6) is 0 Å². The van der Waals surface area contributed by atoms with Crippen LogP contribution in [0.2, 0.25) is 5.02 Å². The summed E-state index contributed by atoms with van der Waals surface area (Å²) < 4.78 is 4.65. The molecule has 1 heterocycles. The van der Waals surface area contributed by atoms with Crippen LogP contribution in [-0.4, -0.2) is 55.1 Å². The van der Waals surface area contributed by atoms with Crippen molar-refractivity contribution in [2.75, 3.05) is 39.0 Å². The van der Waals surface area contributed by atoms with Gasteiger partial charge in [0.2, 0.25) is 0 Å². The number of hydrogen-bond donors (Lipinski definition) is 1. The minimum absolute atomic E-state index is 0.174. The van der Waals surface area contributed by atoms with E-state index in [9.17, 15) is 9.59 Å². The molecule has 1 saturated heterocycles. The number of methoxy groups -OCH3 is 1. The van der Waals surface area contributed by atoms with Crippen LogP contribution in [0.25, 0.3) is 0 Å². The van der Waals surface area contributed by atoms with E-state index >= 15 is 0 Å². The van der Waals surface area contributed by atoms with E-state index in [0.717, 1.165) is 0 Å². The zero-order chi connectivity index (χ0) is 14.7. The number of piperazine rings is 1. The first-order valence-electron chi connectivity index (χ1n) is 6.20.